The molecule has 104 valence electrons. The van der Waals surface area contributed by atoms with Crippen LogP contribution in [0.5, 0.6) is 11.5 Å². The summed E-state index contributed by atoms with van der Waals surface area (Å²) in [7, 11) is 0. The lowest BCUT2D eigenvalue weighted by Gasteiger charge is -2.36. The minimum absolute atomic E-state index is 0.835. The Balaban J connectivity index is 1.80. The predicted octanol–water partition coefficient (Wildman–Crippen LogP) is 4.51. The van der Waals surface area contributed by atoms with E-state index in [1.165, 1.54) is 0 Å². The van der Waals surface area contributed by atoms with Gasteiger partial charge in [0.1, 0.15) is 11.5 Å². The molecule has 4 rings (SSSR count). The molecule has 21 heavy (non-hydrogen) atoms. The van der Waals surface area contributed by atoms with E-state index in [-0.39, 0.29) is 0 Å². The maximum Gasteiger partial charge on any atom is 0.291 e. The van der Waals surface area contributed by atoms with Crippen LogP contribution in [0, 0.1) is 13.8 Å². The monoisotopic (exact) mass is 276 g/mol. The number of para-hydroxylation sites is 2. The first kappa shape index (κ1) is 12.3. The molecular formula is C19H16O2. The van der Waals surface area contributed by atoms with Crippen molar-refractivity contribution in [2.24, 2.45) is 0 Å². The van der Waals surface area contributed by atoms with Gasteiger partial charge in [0, 0.05) is 23.3 Å². The number of fused-ring (bicyclic) bond motifs is 2. The molecule has 0 aromatic heterocycles. The average Bonchev–Trinajstić information content (AvgIpc) is 2.50. The van der Waals surface area contributed by atoms with Crippen molar-refractivity contribution in [1.29, 1.82) is 0 Å². The van der Waals surface area contributed by atoms with Crippen molar-refractivity contribution in [3.8, 4) is 11.5 Å². The first-order valence-electron chi connectivity index (χ1n) is 7.13. The van der Waals surface area contributed by atoms with E-state index in [1.807, 2.05) is 24.3 Å². The van der Waals surface area contributed by atoms with Crippen LogP contribution in [0.1, 0.15) is 22.3 Å². The van der Waals surface area contributed by atoms with Crippen LogP contribution in [0.15, 0.2) is 48.6 Å². The van der Waals surface area contributed by atoms with E-state index in [0.717, 1.165) is 33.8 Å². The molecule has 0 N–H and O–H groups in total. The van der Waals surface area contributed by atoms with Crippen LogP contribution >= 0.6 is 0 Å². The SMILES string of the molecule is Cc1cccc2c1OC1(C=C2)C=Cc2cccc(C)c2O1. The highest BCUT2D eigenvalue weighted by molar-refractivity contribution is 5.68. The lowest BCUT2D eigenvalue weighted by atomic mass is 10.0. The first-order chi connectivity index (χ1) is 10.2. The molecule has 2 heterocycles. The first-order valence-corrected chi connectivity index (χ1v) is 7.13. The van der Waals surface area contributed by atoms with Crippen LogP contribution in [0.2, 0.25) is 0 Å². The van der Waals surface area contributed by atoms with Gasteiger partial charge >= 0.3 is 0 Å². The average molecular weight is 276 g/mol. The fourth-order valence-electron chi connectivity index (χ4n) is 2.84. The second-order valence-electron chi connectivity index (χ2n) is 5.58. The molecule has 0 saturated carbocycles. The molecule has 2 aliphatic heterocycles. The number of aryl methyl sites for hydroxylation is 2. The Morgan fingerprint density at radius 2 is 1.19 bits per heavy atom. The van der Waals surface area contributed by atoms with Gasteiger partial charge in [-0.3, -0.25) is 0 Å². The molecule has 2 aromatic carbocycles. The Labute approximate surface area is 124 Å². The Morgan fingerprint density at radius 1 is 0.714 bits per heavy atom. The number of hydrogen-bond donors (Lipinski definition) is 0. The van der Waals surface area contributed by atoms with Crippen LogP contribution in [-0.4, -0.2) is 5.79 Å². The van der Waals surface area contributed by atoms with E-state index in [1.54, 1.807) is 0 Å². The summed E-state index contributed by atoms with van der Waals surface area (Å²) in [6, 6.07) is 12.3. The van der Waals surface area contributed by atoms with Crippen LogP contribution in [0.4, 0.5) is 0 Å². The molecule has 0 aliphatic carbocycles. The summed E-state index contributed by atoms with van der Waals surface area (Å²) in [5.74, 6) is 0.946. The Morgan fingerprint density at radius 3 is 1.67 bits per heavy atom. The fraction of sp³-hybridized carbons (Fsp3) is 0.158. The number of benzene rings is 2. The normalized spacial score (nSPS) is 16.9. The lowest BCUT2D eigenvalue weighted by Crippen LogP contribution is -2.41. The molecule has 0 bridgehead atoms. The maximum absolute atomic E-state index is 6.21. The molecule has 0 saturated heterocycles. The second-order valence-corrected chi connectivity index (χ2v) is 5.58. The smallest absolute Gasteiger partial charge is 0.291 e. The highest BCUT2D eigenvalue weighted by Gasteiger charge is 2.36. The molecule has 2 aromatic rings. The maximum atomic E-state index is 6.21. The third-order valence-corrected chi connectivity index (χ3v) is 4.00. The van der Waals surface area contributed by atoms with Crippen molar-refractivity contribution in [1.82, 2.24) is 0 Å². The summed E-state index contributed by atoms with van der Waals surface area (Å²) >= 11 is 0. The molecule has 0 atom stereocenters. The van der Waals surface area contributed by atoms with Gasteiger partial charge in [-0.15, -0.1) is 0 Å². The highest BCUT2D eigenvalue weighted by atomic mass is 16.7. The van der Waals surface area contributed by atoms with Gasteiger partial charge in [0.2, 0.25) is 0 Å². The van der Waals surface area contributed by atoms with Gasteiger partial charge in [0.15, 0.2) is 0 Å². The van der Waals surface area contributed by atoms with E-state index in [0.29, 0.717) is 0 Å². The summed E-state index contributed by atoms with van der Waals surface area (Å²) in [4.78, 5) is 0. The zero-order valence-corrected chi connectivity index (χ0v) is 12.1. The molecule has 0 unspecified atom stereocenters. The number of rotatable bonds is 0. The molecule has 0 amide bonds. The van der Waals surface area contributed by atoms with Crippen molar-refractivity contribution >= 4 is 12.2 Å². The largest absolute Gasteiger partial charge is 0.444 e. The fourth-order valence-corrected chi connectivity index (χ4v) is 2.84. The molecule has 2 nitrogen and oxygen atoms in total. The molecule has 1 spiro atoms. The van der Waals surface area contributed by atoms with Crippen LogP contribution < -0.4 is 9.47 Å². The molecule has 2 aliphatic rings. The molecule has 0 radical (unpaired) electrons. The van der Waals surface area contributed by atoms with Crippen LogP contribution in [0.25, 0.3) is 12.2 Å². The molecule has 2 heteroatoms. The van der Waals surface area contributed by atoms with Crippen molar-refractivity contribution in [2.75, 3.05) is 0 Å². The van der Waals surface area contributed by atoms with E-state index >= 15 is 0 Å². The predicted molar refractivity (Wildman–Crippen MR) is 84.4 cm³/mol. The minimum Gasteiger partial charge on any atom is -0.444 e. The van der Waals surface area contributed by atoms with Gasteiger partial charge < -0.3 is 9.47 Å². The number of ether oxygens (including phenoxy) is 2. The second kappa shape index (κ2) is 4.26. The quantitative estimate of drug-likeness (QED) is 0.704. The van der Waals surface area contributed by atoms with Crippen molar-refractivity contribution in [3.05, 3.63) is 70.8 Å². The summed E-state index contributed by atoms with van der Waals surface area (Å²) in [5.41, 5.74) is 4.41. The summed E-state index contributed by atoms with van der Waals surface area (Å²) < 4.78 is 12.4. The van der Waals surface area contributed by atoms with E-state index < -0.39 is 5.79 Å². The van der Waals surface area contributed by atoms with E-state index in [9.17, 15) is 0 Å². The summed E-state index contributed by atoms with van der Waals surface area (Å²) in [6.07, 6.45) is 8.08. The third-order valence-electron chi connectivity index (χ3n) is 4.00. The summed E-state index contributed by atoms with van der Waals surface area (Å²) in [5, 5.41) is 0. The minimum atomic E-state index is -0.835. The third kappa shape index (κ3) is 1.87. The van der Waals surface area contributed by atoms with Crippen LogP contribution in [0.3, 0.4) is 0 Å². The zero-order chi connectivity index (χ0) is 14.4. The Bertz CT molecular complexity index is 717. The van der Waals surface area contributed by atoms with Gasteiger partial charge in [-0.2, -0.15) is 0 Å². The van der Waals surface area contributed by atoms with Crippen LogP contribution in [-0.2, 0) is 0 Å². The Kier molecular flexibility index (Phi) is 2.49. The van der Waals surface area contributed by atoms with E-state index in [4.69, 9.17) is 9.47 Å². The van der Waals surface area contributed by atoms with E-state index in [2.05, 4.69) is 50.3 Å². The standard InChI is InChI=1S/C19H16O2/c1-13-5-3-7-15-9-11-19(20-17(13)15)12-10-16-8-4-6-14(2)18(16)21-19/h3-12H,1-2H3. The van der Waals surface area contributed by atoms with Crippen molar-refractivity contribution in [2.45, 2.75) is 19.6 Å². The lowest BCUT2D eigenvalue weighted by molar-refractivity contribution is -0.0317. The zero-order valence-electron chi connectivity index (χ0n) is 12.1. The molecular weight excluding hydrogens is 260 g/mol. The van der Waals surface area contributed by atoms with Gasteiger partial charge in [-0.05, 0) is 37.1 Å². The van der Waals surface area contributed by atoms with Gasteiger partial charge in [-0.1, -0.05) is 36.4 Å². The van der Waals surface area contributed by atoms with Gasteiger partial charge in [0.25, 0.3) is 5.79 Å². The highest BCUT2D eigenvalue weighted by Crippen LogP contribution is 2.40. The Hall–Kier alpha value is -2.48. The number of hydrogen-bond acceptors (Lipinski definition) is 2. The van der Waals surface area contributed by atoms with Gasteiger partial charge in [-0.25, -0.2) is 0 Å². The summed E-state index contributed by atoms with van der Waals surface area (Å²) in [6.45, 7) is 4.11. The van der Waals surface area contributed by atoms with Crippen molar-refractivity contribution < 1.29 is 9.47 Å². The topological polar surface area (TPSA) is 18.5 Å². The molecule has 0 fully saturated rings. The van der Waals surface area contributed by atoms with Crippen molar-refractivity contribution in [3.63, 3.8) is 0 Å². The van der Waals surface area contributed by atoms with Gasteiger partial charge in [0.05, 0.1) is 0 Å².